The number of hydrogen-bond acceptors (Lipinski definition) is 2. The number of methoxy groups -OCH3 is 1. The van der Waals surface area contributed by atoms with Crippen molar-refractivity contribution in [3.05, 3.63) is 100 Å². The lowest BCUT2D eigenvalue weighted by Crippen LogP contribution is -2.43. The van der Waals surface area contributed by atoms with E-state index in [-0.39, 0.29) is 0 Å². The van der Waals surface area contributed by atoms with E-state index in [1.54, 1.807) is 12.7 Å². The van der Waals surface area contributed by atoms with Gasteiger partial charge in [-0.25, -0.2) is 0 Å². The molecule has 3 aromatic carbocycles. The summed E-state index contributed by atoms with van der Waals surface area (Å²) in [5, 5.41) is 3.81. The summed E-state index contributed by atoms with van der Waals surface area (Å²) >= 11 is 0. The topological polar surface area (TPSA) is 21.3 Å². The third-order valence-electron chi connectivity index (χ3n) is 6.20. The minimum absolute atomic E-state index is 0.410. The molecule has 0 amide bonds. The molecule has 3 aromatic rings. The average Bonchev–Trinajstić information content (AvgIpc) is 2.73. The van der Waals surface area contributed by atoms with E-state index in [4.69, 9.17) is 4.74 Å². The lowest BCUT2D eigenvalue weighted by atomic mass is 9.70. The fraction of sp³-hybridized carbons (Fsp3) is 0.280. The number of aryl methyl sites for hydroxylation is 1. The van der Waals surface area contributed by atoms with Gasteiger partial charge in [-0.2, -0.15) is 0 Å². The molecular formula is C25H25NO. The predicted molar refractivity (Wildman–Crippen MR) is 109 cm³/mol. The molecule has 1 N–H and O–H groups in total. The van der Waals surface area contributed by atoms with E-state index in [1.807, 2.05) is 0 Å². The van der Waals surface area contributed by atoms with Gasteiger partial charge in [-0.3, -0.25) is 0 Å². The first-order chi connectivity index (χ1) is 13.3. The Balaban J connectivity index is 1.65. The smallest absolute Gasteiger partial charge is 0.119 e. The minimum Gasteiger partial charge on any atom is -0.497 e. The van der Waals surface area contributed by atoms with E-state index in [0.29, 0.717) is 12.0 Å². The molecule has 0 aromatic heterocycles. The van der Waals surface area contributed by atoms with E-state index in [0.717, 1.165) is 25.1 Å². The van der Waals surface area contributed by atoms with Crippen molar-refractivity contribution in [2.75, 3.05) is 7.11 Å². The molecule has 27 heavy (non-hydrogen) atoms. The second kappa shape index (κ2) is 6.86. The van der Waals surface area contributed by atoms with Crippen molar-refractivity contribution in [1.29, 1.82) is 0 Å². The molecule has 0 fully saturated rings. The Morgan fingerprint density at radius 1 is 0.963 bits per heavy atom. The molecule has 0 saturated carbocycles. The van der Waals surface area contributed by atoms with E-state index < -0.39 is 0 Å². The molecule has 136 valence electrons. The minimum atomic E-state index is 0.410. The lowest BCUT2D eigenvalue weighted by Gasteiger charge is -2.40. The first kappa shape index (κ1) is 16.6. The summed E-state index contributed by atoms with van der Waals surface area (Å²) in [6, 6.07) is 24.8. The Bertz CT molecular complexity index is 963. The Kier molecular flexibility index (Phi) is 4.21. The van der Waals surface area contributed by atoms with Crippen LogP contribution in [0, 0.1) is 0 Å². The predicted octanol–water partition coefficient (Wildman–Crippen LogP) is 4.84. The highest BCUT2D eigenvalue weighted by Gasteiger charge is 2.36. The van der Waals surface area contributed by atoms with Crippen LogP contribution < -0.4 is 10.1 Å². The van der Waals surface area contributed by atoms with Gasteiger partial charge in [-0.05, 0) is 64.8 Å². The van der Waals surface area contributed by atoms with Gasteiger partial charge in [-0.1, -0.05) is 54.6 Å². The summed E-state index contributed by atoms with van der Waals surface area (Å²) in [5.41, 5.74) is 8.74. The van der Waals surface area contributed by atoms with Crippen LogP contribution in [0.25, 0.3) is 0 Å². The standard InChI is InChI=1S/C25H25NO/c1-27-21-12-10-18-11-13-23-25(22(18)15-21)24-19(8-5-9-20(24)16-26-23)14-17-6-3-2-4-7-17/h2-10,12,15,23,25-26H,11,13-14,16H2,1H3/t23-,25-/m0/s1. The quantitative estimate of drug-likeness (QED) is 0.726. The van der Waals surface area contributed by atoms with E-state index in [9.17, 15) is 0 Å². The Hall–Kier alpha value is -2.58. The van der Waals surface area contributed by atoms with Crippen LogP contribution in [0.4, 0.5) is 0 Å². The van der Waals surface area contributed by atoms with E-state index in [2.05, 4.69) is 72.0 Å². The van der Waals surface area contributed by atoms with Crippen LogP contribution >= 0.6 is 0 Å². The zero-order chi connectivity index (χ0) is 18.2. The summed E-state index contributed by atoms with van der Waals surface area (Å²) in [7, 11) is 1.76. The second-order valence-electron chi connectivity index (χ2n) is 7.72. The number of rotatable bonds is 3. The summed E-state index contributed by atoms with van der Waals surface area (Å²) in [4.78, 5) is 0. The first-order valence-electron chi connectivity index (χ1n) is 9.88. The monoisotopic (exact) mass is 355 g/mol. The number of fused-ring (bicyclic) bond motifs is 5. The van der Waals surface area contributed by atoms with Crippen molar-refractivity contribution in [3.8, 4) is 5.75 Å². The van der Waals surface area contributed by atoms with Crippen LogP contribution in [0.15, 0.2) is 66.7 Å². The molecule has 0 bridgehead atoms. The maximum atomic E-state index is 5.55. The van der Waals surface area contributed by atoms with Crippen molar-refractivity contribution < 1.29 is 4.74 Å². The van der Waals surface area contributed by atoms with Crippen molar-refractivity contribution in [2.24, 2.45) is 0 Å². The highest BCUT2D eigenvalue weighted by molar-refractivity contribution is 5.52. The fourth-order valence-electron chi connectivity index (χ4n) is 4.92. The number of nitrogens with one attached hydrogen (secondary N) is 1. The second-order valence-corrected chi connectivity index (χ2v) is 7.72. The molecule has 2 heteroatoms. The highest BCUT2D eigenvalue weighted by atomic mass is 16.5. The summed E-state index contributed by atoms with van der Waals surface area (Å²) in [6.45, 7) is 0.971. The Labute approximate surface area is 161 Å². The molecule has 0 radical (unpaired) electrons. The van der Waals surface area contributed by atoms with Gasteiger partial charge in [0.05, 0.1) is 7.11 Å². The first-order valence-corrected chi connectivity index (χ1v) is 9.88. The summed E-state index contributed by atoms with van der Waals surface area (Å²) in [6.07, 6.45) is 3.33. The average molecular weight is 355 g/mol. The summed E-state index contributed by atoms with van der Waals surface area (Å²) in [5.74, 6) is 1.37. The van der Waals surface area contributed by atoms with Gasteiger partial charge in [0.2, 0.25) is 0 Å². The zero-order valence-electron chi connectivity index (χ0n) is 15.7. The van der Waals surface area contributed by atoms with Crippen molar-refractivity contribution in [3.63, 3.8) is 0 Å². The Morgan fingerprint density at radius 3 is 2.70 bits per heavy atom. The highest BCUT2D eigenvalue weighted by Crippen LogP contribution is 2.43. The van der Waals surface area contributed by atoms with Crippen LogP contribution in [0.3, 0.4) is 0 Å². The largest absolute Gasteiger partial charge is 0.497 e. The molecule has 1 heterocycles. The fourth-order valence-corrected chi connectivity index (χ4v) is 4.92. The molecule has 1 aliphatic heterocycles. The van der Waals surface area contributed by atoms with Gasteiger partial charge < -0.3 is 10.1 Å². The van der Waals surface area contributed by atoms with Crippen molar-refractivity contribution in [1.82, 2.24) is 5.32 Å². The Morgan fingerprint density at radius 2 is 1.85 bits per heavy atom. The molecule has 0 saturated heterocycles. The van der Waals surface area contributed by atoms with Crippen LogP contribution in [0.5, 0.6) is 5.75 Å². The number of benzene rings is 3. The maximum absolute atomic E-state index is 5.55. The molecule has 2 atom stereocenters. The van der Waals surface area contributed by atoms with Gasteiger partial charge in [0.15, 0.2) is 0 Å². The van der Waals surface area contributed by atoms with E-state index in [1.165, 1.54) is 34.2 Å². The van der Waals surface area contributed by atoms with Crippen molar-refractivity contribution in [2.45, 2.75) is 37.8 Å². The molecular weight excluding hydrogens is 330 g/mol. The van der Waals surface area contributed by atoms with Crippen LogP contribution in [-0.4, -0.2) is 13.2 Å². The molecule has 2 nitrogen and oxygen atoms in total. The normalized spacial score (nSPS) is 20.3. The van der Waals surface area contributed by atoms with Gasteiger partial charge in [0.25, 0.3) is 0 Å². The number of ether oxygens (including phenoxy) is 1. The van der Waals surface area contributed by atoms with Crippen LogP contribution in [-0.2, 0) is 19.4 Å². The van der Waals surface area contributed by atoms with Crippen molar-refractivity contribution >= 4 is 0 Å². The lowest BCUT2D eigenvalue weighted by molar-refractivity contribution is 0.386. The van der Waals surface area contributed by atoms with Crippen LogP contribution in [0.2, 0.25) is 0 Å². The zero-order valence-corrected chi connectivity index (χ0v) is 15.7. The number of hydrogen-bond donors (Lipinski definition) is 1. The third-order valence-corrected chi connectivity index (χ3v) is 6.20. The van der Waals surface area contributed by atoms with Gasteiger partial charge in [0.1, 0.15) is 5.75 Å². The SMILES string of the molecule is COc1ccc2c(c1)[C@@H]1c3c(cccc3Cc3ccccc3)CN[C@H]1CC2. The van der Waals surface area contributed by atoms with Crippen LogP contribution in [0.1, 0.15) is 45.7 Å². The summed E-state index contributed by atoms with van der Waals surface area (Å²) < 4.78 is 5.55. The maximum Gasteiger partial charge on any atom is 0.119 e. The van der Waals surface area contributed by atoms with Gasteiger partial charge >= 0.3 is 0 Å². The molecule has 2 aliphatic rings. The molecule has 0 spiro atoms. The third kappa shape index (κ3) is 2.94. The van der Waals surface area contributed by atoms with E-state index >= 15 is 0 Å². The molecule has 1 aliphatic carbocycles. The molecule has 5 rings (SSSR count). The van der Waals surface area contributed by atoms with Gasteiger partial charge in [0, 0.05) is 18.5 Å². The van der Waals surface area contributed by atoms with Gasteiger partial charge in [-0.15, -0.1) is 0 Å². The molecule has 0 unspecified atom stereocenters.